The van der Waals surface area contributed by atoms with E-state index in [1.54, 1.807) is 17.8 Å². The molecule has 4 heteroatoms. The number of carbonyl (C=O) groups excluding carboxylic acids is 2. The molecule has 2 rings (SSSR count). The summed E-state index contributed by atoms with van der Waals surface area (Å²) < 4.78 is 6.41. The maximum absolute atomic E-state index is 11.7. The first-order valence-electron chi connectivity index (χ1n) is 4.95. The minimum atomic E-state index is -0.360. The van der Waals surface area contributed by atoms with Crippen LogP contribution in [0.1, 0.15) is 39.3 Å². The molecule has 0 spiro atoms. The molecule has 0 bridgehead atoms. The Labute approximate surface area is 87.8 Å². The Morgan fingerprint density at radius 3 is 2.87 bits per heavy atom. The van der Waals surface area contributed by atoms with E-state index in [4.69, 9.17) is 0 Å². The zero-order valence-electron chi connectivity index (χ0n) is 8.87. The fourth-order valence-corrected chi connectivity index (χ4v) is 2.12. The lowest BCUT2D eigenvalue weighted by Crippen LogP contribution is -2.14. The zero-order valence-corrected chi connectivity index (χ0v) is 8.87. The van der Waals surface area contributed by atoms with Gasteiger partial charge in [0.05, 0.1) is 18.4 Å². The van der Waals surface area contributed by atoms with Gasteiger partial charge in [-0.3, -0.25) is 4.79 Å². The number of ether oxygens (including phenoxy) is 1. The molecule has 0 atom stereocenters. The molecule has 0 fully saturated rings. The Balaban J connectivity index is 2.56. The third kappa shape index (κ3) is 1.46. The van der Waals surface area contributed by atoms with Crippen LogP contribution >= 0.6 is 0 Å². The van der Waals surface area contributed by atoms with E-state index in [0.29, 0.717) is 17.7 Å². The number of esters is 1. The van der Waals surface area contributed by atoms with Crippen molar-refractivity contribution in [3.8, 4) is 0 Å². The molecule has 15 heavy (non-hydrogen) atoms. The molecule has 1 aromatic heterocycles. The second kappa shape index (κ2) is 3.53. The molecule has 0 amide bonds. The lowest BCUT2D eigenvalue weighted by atomic mass is 9.94. The average molecular weight is 207 g/mol. The number of fused-ring (bicyclic) bond motifs is 1. The van der Waals surface area contributed by atoms with Gasteiger partial charge in [0.25, 0.3) is 0 Å². The fourth-order valence-electron chi connectivity index (χ4n) is 2.12. The van der Waals surface area contributed by atoms with Gasteiger partial charge in [-0.25, -0.2) is 4.79 Å². The summed E-state index contributed by atoms with van der Waals surface area (Å²) in [5.74, 6) is -0.240. The molecule has 0 aliphatic heterocycles. The van der Waals surface area contributed by atoms with Gasteiger partial charge in [-0.2, -0.15) is 0 Å². The molecule has 1 aliphatic rings. The van der Waals surface area contributed by atoms with Gasteiger partial charge in [-0.15, -0.1) is 0 Å². The highest BCUT2D eigenvalue weighted by atomic mass is 16.5. The van der Waals surface area contributed by atoms with Crippen LogP contribution in [0.15, 0.2) is 6.20 Å². The van der Waals surface area contributed by atoms with Crippen molar-refractivity contribution < 1.29 is 14.3 Å². The number of carbonyl (C=O) groups is 2. The Bertz CT molecular complexity index is 431. The first kappa shape index (κ1) is 9.96. The highest BCUT2D eigenvalue weighted by Gasteiger charge is 2.26. The van der Waals surface area contributed by atoms with Gasteiger partial charge in [0.2, 0.25) is 0 Å². The largest absolute Gasteiger partial charge is 0.465 e. The van der Waals surface area contributed by atoms with Gasteiger partial charge in [0.1, 0.15) is 0 Å². The molecule has 4 nitrogen and oxygen atoms in total. The van der Waals surface area contributed by atoms with Gasteiger partial charge in [-0.05, 0) is 18.4 Å². The van der Waals surface area contributed by atoms with Gasteiger partial charge < -0.3 is 9.30 Å². The minimum absolute atomic E-state index is 0.119. The van der Waals surface area contributed by atoms with E-state index in [0.717, 1.165) is 18.4 Å². The van der Waals surface area contributed by atoms with Crippen LogP contribution in [0.5, 0.6) is 0 Å². The Morgan fingerprint density at radius 2 is 2.20 bits per heavy atom. The standard InChI is InChI=1S/C11H13NO3/c1-12-6-8(11(14)15-2)7-4-3-5-9(13)10(7)12/h6H,3-5H2,1-2H3. The Kier molecular flexibility index (Phi) is 2.34. The molecule has 0 N–H and O–H groups in total. The molecule has 1 heterocycles. The summed E-state index contributed by atoms with van der Waals surface area (Å²) in [6.45, 7) is 0. The predicted octanol–water partition coefficient (Wildman–Crippen LogP) is 1.33. The van der Waals surface area contributed by atoms with Crippen LogP contribution in [0.25, 0.3) is 0 Å². The maximum atomic E-state index is 11.7. The van der Waals surface area contributed by atoms with Crippen LogP contribution in [0.4, 0.5) is 0 Å². The van der Waals surface area contributed by atoms with Gasteiger partial charge in [0.15, 0.2) is 5.78 Å². The van der Waals surface area contributed by atoms with E-state index >= 15 is 0 Å². The van der Waals surface area contributed by atoms with Gasteiger partial charge >= 0.3 is 5.97 Å². The van der Waals surface area contributed by atoms with E-state index in [1.807, 2.05) is 0 Å². The summed E-state index contributed by atoms with van der Waals surface area (Å²) >= 11 is 0. The average Bonchev–Trinajstić information content (AvgIpc) is 2.56. The van der Waals surface area contributed by atoms with Crippen molar-refractivity contribution in [3.05, 3.63) is 23.0 Å². The lowest BCUT2D eigenvalue weighted by molar-refractivity contribution is 0.0599. The van der Waals surface area contributed by atoms with Crippen molar-refractivity contribution >= 4 is 11.8 Å². The first-order valence-corrected chi connectivity index (χ1v) is 4.95. The molecule has 1 aliphatic carbocycles. The van der Waals surface area contributed by atoms with Gasteiger partial charge in [-0.1, -0.05) is 0 Å². The van der Waals surface area contributed by atoms with E-state index in [2.05, 4.69) is 4.74 Å². The highest BCUT2D eigenvalue weighted by Crippen LogP contribution is 2.26. The Hall–Kier alpha value is -1.58. The smallest absolute Gasteiger partial charge is 0.339 e. The number of aromatic nitrogens is 1. The van der Waals surface area contributed by atoms with Crippen molar-refractivity contribution in [1.29, 1.82) is 0 Å². The summed E-state index contributed by atoms with van der Waals surface area (Å²) in [5, 5.41) is 0. The van der Waals surface area contributed by atoms with Gasteiger partial charge in [0, 0.05) is 19.7 Å². The van der Waals surface area contributed by atoms with E-state index < -0.39 is 0 Å². The SMILES string of the molecule is COC(=O)c1cn(C)c2c1CCCC2=O. The molecule has 1 aromatic rings. The van der Waals surface area contributed by atoms with Crippen LogP contribution < -0.4 is 0 Å². The van der Waals surface area contributed by atoms with Crippen LogP contribution in [-0.4, -0.2) is 23.4 Å². The topological polar surface area (TPSA) is 48.3 Å². The number of hydrogen-bond acceptors (Lipinski definition) is 3. The molecule has 0 unspecified atom stereocenters. The van der Waals surface area contributed by atoms with E-state index in [1.165, 1.54) is 7.11 Å². The van der Waals surface area contributed by atoms with E-state index in [-0.39, 0.29) is 11.8 Å². The second-order valence-corrected chi connectivity index (χ2v) is 3.75. The molecular weight excluding hydrogens is 194 g/mol. The lowest BCUT2D eigenvalue weighted by Gasteiger charge is -2.12. The summed E-state index contributed by atoms with van der Waals surface area (Å²) in [7, 11) is 3.14. The summed E-state index contributed by atoms with van der Waals surface area (Å²) in [6, 6.07) is 0. The van der Waals surface area contributed by atoms with E-state index in [9.17, 15) is 9.59 Å². The van der Waals surface area contributed by atoms with Crippen LogP contribution in [-0.2, 0) is 18.2 Å². The maximum Gasteiger partial charge on any atom is 0.339 e. The fraction of sp³-hybridized carbons (Fsp3) is 0.455. The number of nitrogens with zero attached hydrogens (tertiary/aromatic N) is 1. The molecule has 0 saturated heterocycles. The van der Waals surface area contributed by atoms with Crippen molar-refractivity contribution in [2.45, 2.75) is 19.3 Å². The number of hydrogen-bond donors (Lipinski definition) is 0. The van der Waals surface area contributed by atoms with Crippen molar-refractivity contribution in [1.82, 2.24) is 4.57 Å². The first-order chi connectivity index (χ1) is 7.15. The predicted molar refractivity (Wildman–Crippen MR) is 54.0 cm³/mol. The van der Waals surface area contributed by atoms with Crippen LogP contribution in [0.3, 0.4) is 0 Å². The number of aryl methyl sites for hydroxylation is 1. The number of ketones is 1. The monoisotopic (exact) mass is 207 g/mol. The summed E-state index contributed by atoms with van der Waals surface area (Å²) in [5.41, 5.74) is 2.05. The van der Waals surface area contributed by atoms with Crippen LogP contribution in [0, 0.1) is 0 Å². The summed E-state index contributed by atoms with van der Waals surface area (Å²) in [4.78, 5) is 23.1. The minimum Gasteiger partial charge on any atom is -0.465 e. The molecular formula is C11H13NO3. The summed E-state index contributed by atoms with van der Waals surface area (Å²) in [6.07, 6.45) is 3.86. The molecule has 80 valence electrons. The van der Waals surface area contributed by atoms with Crippen LogP contribution in [0.2, 0.25) is 0 Å². The van der Waals surface area contributed by atoms with Crippen molar-refractivity contribution in [3.63, 3.8) is 0 Å². The quantitative estimate of drug-likeness (QED) is 0.653. The number of methoxy groups -OCH3 is 1. The molecule has 0 saturated carbocycles. The Morgan fingerprint density at radius 1 is 1.47 bits per heavy atom. The third-order valence-corrected chi connectivity index (χ3v) is 2.79. The number of rotatable bonds is 1. The third-order valence-electron chi connectivity index (χ3n) is 2.79. The molecule has 0 radical (unpaired) electrons. The molecule has 0 aromatic carbocycles. The number of Topliss-reactive ketones (excluding diaryl/α,β-unsaturated/α-hetero) is 1. The van der Waals surface area contributed by atoms with Crippen molar-refractivity contribution in [2.24, 2.45) is 7.05 Å². The highest BCUT2D eigenvalue weighted by molar-refractivity contribution is 6.01. The second-order valence-electron chi connectivity index (χ2n) is 3.75. The van der Waals surface area contributed by atoms with Crippen molar-refractivity contribution in [2.75, 3.05) is 7.11 Å². The zero-order chi connectivity index (χ0) is 11.0. The normalized spacial score (nSPS) is 14.9.